The number of methoxy groups -OCH3 is 1. The van der Waals surface area contributed by atoms with E-state index in [-0.39, 0.29) is 23.5 Å². The van der Waals surface area contributed by atoms with Crippen LogP contribution in [-0.2, 0) is 0 Å². The van der Waals surface area contributed by atoms with Gasteiger partial charge < -0.3 is 9.64 Å². The van der Waals surface area contributed by atoms with Gasteiger partial charge in [-0.15, -0.1) is 0 Å². The molecule has 0 atom stereocenters. The van der Waals surface area contributed by atoms with Crippen LogP contribution in [0.5, 0.6) is 5.75 Å². The molecule has 4 rings (SSSR count). The smallest absolute Gasteiger partial charge is 0.257 e. The second-order valence-corrected chi connectivity index (χ2v) is 9.00. The van der Waals surface area contributed by atoms with E-state index in [2.05, 4.69) is 18.9 Å². The fourth-order valence-corrected chi connectivity index (χ4v) is 4.48. The molecule has 1 aliphatic rings. The first-order chi connectivity index (χ1) is 15.9. The van der Waals surface area contributed by atoms with Crippen molar-refractivity contribution in [1.29, 1.82) is 0 Å². The van der Waals surface area contributed by atoms with Crippen molar-refractivity contribution < 1.29 is 14.3 Å². The van der Waals surface area contributed by atoms with Crippen LogP contribution in [0.25, 0.3) is 5.69 Å². The number of hydrogen-bond acceptors (Lipinski definition) is 4. The third-order valence-corrected chi connectivity index (χ3v) is 6.39. The third kappa shape index (κ3) is 4.70. The van der Waals surface area contributed by atoms with Gasteiger partial charge >= 0.3 is 0 Å². The van der Waals surface area contributed by atoms with Crippen LogP contribution >= 0.6 is 0 Å². The number of aromatic nitrogens is 2. The van der Waals surface area contributed by atoms with E-state index in [1.54, 1.807) is 13.3 Å². The molecule has 6 heteroatoms. The lowest BCUT2D eigenvalue weighted by molar-refractivity contribution is 0.0649. The summed E-state index contributed by atoms with van der Waals surface area (Å²) in [7, 11) is 1.61. The minimum absolute atomic E-state index is 0.00703. The zero-order valence-corrected chi connectivity index (χ0v) is 19.7. The Hall–Kier alpha value is -3.41. The van der Waals surface area contributed by atoms with Gasteiger partial charge in [-0.25, -0.2) is 4.68 Å². The van der Waals surface area contributed by atoms with Crippen molar-refractivity contribution in [3.8, 4) is 11.4 Å². The summed E-state index contributed by atoms with van der Waals surface area (Å²) in [6, 6.07) is 15.4. The van der Waals surface area contributed by atoms with Gasteiger partial charge in [0.25, 0.3) is 5.91 Å². The van der Waals surface area contributed by atoms with Crippen LogP contribution in [-0.4, -0.2) is 46.6 Å². The van der Waals surface area contributed by atoms with Crippen molar-refractivity contribution >= 4 is 11.7 Å². The molecule has 1 saturated heterocycles. The molecule has 1 fully saturated rings. The van der Waals surface area contributed by atoms with E-state index < -0.39 is 0 Å². The zero-order chi connectivity index (χ0) is 23.5. The Kier molecular flexibility index (Phi) is 6.63. The van der Waals surface area contributed by atoms with E-state index >= 15 is 0 Å². The van der Waals surface area contributed by atoms with E-state index in [0.717, 1.165) is 17.1 Å². The number of Topliss-reactive ketones (excluding diaryl/α,β-unsaturated/α-hetero) is 1. The highest BCUT2D eigenvalue weighted by Crippen LogP contribution is 2.28. The summed E-state index contributed by atoms with van der Waals surface area (Å²) in [5.74, 6) is 0.940. The third-order valence-electron chi connectivity index (χ3n) is 6.39. The molecule has 33 heavy (non-hydrogen) atoms. The number of ether oxygens (including phenoxy) is 1. The highest BCUT2D eigenvalue weighted by molar-refractivity contribution is 5.99. The number of nitrogens with zero attached hydrogens (tertiary/aromatic N) is 3. The van der Waals surface area contributed by atoms with Crippen molar-refractivity contribution in [2.24, 2.45) is 5.92 Å². The molecule has 1 aliphatic heterocycles. The van der Waals surface area contributed by atoms with Crippen LogP contribution in [0, 0.1) is 12.8 Å². The molecule has 0 saturated carbocycles. The van der Waals surface area contributed by atoms with Gasteiger partial charge in [-0.3, -0.25) is 9.59 Å². The van der Waals surface area contributed by atoms with Crippen LogP contribution in [0.2, 0.25) is 0 Å². The lowest BCUT2D eigenvalue weighted by Crippen LogP contribution is -2.40. The number of hydrogen-bond donors (Lipinski definition) is 0. The number of benzene rings is 2. The van der Waals surface area contributed by atoms with Gasteiger partial charge in [-0.2, -0.15) is 5.10 Å². The number of aryl methyl sites for hydroxylation is 1. The summed E-state index contributed by atoms with van der Waals surface area (Å²) in [5, 5.41) is 4.55. The predicted octanol–water partition coefficient (Wildman–Crippen LogP) is 5.05. The first kappa shape index (κ1) is 22.8. The molecule has 0 radical (unpaired) electrons. The first-order valence-electron chi connectivity index (χ1n) is 11.5. The topological polar surface area (TPSA) is 64.4 Å². The van der Waals surface area contributed by atoms with Gasteiger partial charge in [0.1, 0.15) is 5.75 Å². The summed E-state index contributed by atoms with van der Waals surface area (Å²) in [5.41, 5.74) is 4.39. The van der Waals surface area contributed by atoms with Crippen LogP contribution < -0.4 is 4.74 Å². The molecule has 6 nitrogen and oxygen atoms in total. The molecule has 0 spiro atoms. The Balaban J connectivity index is 1.47. The predicted molar refractivity (Wildman–Crippen MR) is 128 cm³/mol. The number of likely N-dealkylation sites (tertiary alicyclic amines) is 1. The van der Waals surface area contributed by atoms with Crippen LogP contribution in [0.15, 0.2) is 54.7 Å². The molecule has 0 unspecified atom stereocenters. The molecule has 1 aromatic heterocycles. The molecule has 0 bridgehead atoms. The molecule has 1 amide bonds. The second kappa shape index (κ2) is 9.61. The summed E-state index contributed by atoms with van der Waals surface area (Å²) >= 11 is 0. The highest BCUT2D eigenvalue weighted by Gasteiger charge is 2.31. The quantitative estimate of drug-likeness (QED) is 0.498. The molecular formula is C27H31N3O3. The summed E-state index contributed by atoms with van der Waals surface area (Å²) < 4.78 is 7.05. The lowest BCUT2D eigenvalue weighted by atomic mass is 9.88. The van der Waals surface area contributed by atoms with Crippen LogP contribution in [0.3, 0.4) is 0 Å². The number of amides is 1. The Morgan fingerprint density at radius 1 is 1.00 bits per heavy atom. The Morgan fingerprint density at radius 2 is 1.64 bits per heavy atom. The fraction of sp³-hybridized carbons (Fsp3) is 0.370. The number of carbonyl (C=O) groups excluding carboxylic acids is 2. The van der Waals surface area contributed by atoms with E-state index in [0.29, 0.717) is 37.1 Å². The summed E-state index contributed by atoms with van der Waals surface area (Å²) in [6.07, 6.45) is 3.02. The SMILES string of the molecule is COc1ccc(C(=O)C2CCN(C(=O)c3cnn(-c4ccc(C)cc4)c3C(C)C)CC2)cc1. The second-order valence-electron chi connectivity index (χ2n) is 9.00. The summed E-state index contributed by atoms with van der Waals surface area (Å²) in [4.78, 5) is 28.2. The summed E-state index contributed by atoms with van der Waals surface area (Å²) in [6.45, 7) is 7.35. The first-order valence-corrected chi connectivity index (χ1v) is 11.5. The standard InChI is InChI=1S/C27H31N3O3/c1-18(2)25-24(17-28-30(25)22-9-5-19(3)6-10-22)27(32)29-15-13-21(14-16-29)26(31)20-7-11-23(33-4)12-8-20/h5-12,17-18,21H,13-16H2,1-4H3. The van der Waals surface area contributed by atoms with Gasteiger partial charge in [0, 0.05) is 24.6 Å². The van der Waals surface area contributed by atoms with Crippen molar-refractivity contribution in [1.82, 2.24) is 14.7 Å². The van der Waals surface area contributed by atoms with Gasteiger partial charge in [-0.05, 0) is 62.1 Å². The monoisotopic (exact) mass is 445 g/mol. The average molecular weight is 446 g/mol. The normalized spacial score (nSPS) is 14.5. The minimum Gasteiger partial charge on any atom is -0.497 e. The van der Waals surface area contributed by atoms with Crippen molar-refractivity contribution in [2.45, 2.75) is 39.5 Å². The number of piperidine rings is 1. The maximum atomic E-state index is 13.4. The average Bonchev–Trinajstić information content (AvgIpc) is 3.29. The Bertz CT molecular complexity index is 1120. The van der Waals surface area contributed by atoms with Gasteiger partial charge in [0.15, 0.2) is 5.78 Å². The molecule has 0 aliphatic carbocycles. The highest BCUT2D eigenvalue weighted by atomic mass is 16.5. The van der Waals surface area contributed by atoms with Crippen molar-refractivity contribution in [2.75, 3.05) is 20.2 Å². The number of ketones is 1. The van der Waals surface area contributed by atoms with E-state index in [1.807, 2.05) is 65.0 Å². The number of rotatable bonds is 6. The largest absolute Gasteiger partial charge is 0.497 e. The van der Waals surface area contributed by atoms with Gasteiger partial charge in [-0.1, -0.05) is 31.5 Å². The zero-order valence-electron chi connectivity index (χ0n) is 19.7. The van der Waals surface area contributed by atoms with Crippen LogP contribution in [0.1, 0.15) is 64.6 Å². The van der Waals surface area contributed by atoms with Gasteiger partial charge in [0.05, 0.1) is 30.3 Å². The fourth-order valence-electron chi connectivity index (χ4n) is 4.48. The van der Waals surface area contributed by atoms with Crippen molar-refractivity contribution in [3.05, 3.63) is 77.1 Å². The molecule has 172 valence electrons. The maximum Gasteiger partial charge on any atom is 0.257 e. The Morgan fingerprint density at radius 3 is 2.21 bits per heavy atom. The maximum absolute atomic E-state index is 13.4. The molecule has 2 aromatic carbocycles. The number of carbonyl (C=O) groups is 2. The molecule has 0 N–H and O–H groups in total. The van der Waals surface area contributed by atoms with E-state index in [9.17, 15) is 9.59 Å². The van der Waals surface area contributed by atoms with Gasteiger partial charge in [0.2, 0.25) is 0 Å². The van der Waals surface area contributed by atoms with Crippen molar-refractivity contribution in [3.63, 3.8) is 0 Å². The Labute approximate surface area is 195 Å². The molecular weight excluding hydrogens is 414 g/mol. The minimum atomic E-state index is -0.0673. The molecule has 2 heterocycles. The lowest BCUT2D eigenvalue weighted by Gasteiger charge is -2.31. The van der Waals surface area contributed by atoms with E-state index in [1.165, 1.54) is 5.56 Å². The molecule has 3 aromatic rings. The van der Waals surface area contributed by atoms with E-state index in [4.69, 9.17) is 4.74 Å². The van der Waals surface area contributed by atoms with Crippen LogP contribution in [0.4, 0.5) is 0 Å².